The van der Waals surface area contributed by atoms with Gasteiger partial charge in [0.1, 0.15) is 0 Å². The van der Waals surface area contributed by atoms with Crippen molar-refractivity contribution in [1.82, 2.24) is 9.80 Å². The Balaban J connectivity index is 1.49. The van der Waals surface area contributed by atoms with Gasteiger partial charge in [-0.15, -0.1) is 0 Å². The van der Waals surface area contributed by atoms with Gasteiger partial charge in [-0.25, -0.2) is 0 Å². The van der Waals surface area contributed by atoms with Gasteiger partial charge in [-0.1, -0.05) is 29.8 Å². The molecule has 8 heteroatoms. The highest BCUT2D eigenvalue weighted by molar-refractivity contribution is 6.30. The van der Waals surface area contributed by atoms with Crippen molar-refractivity contribution in [2.75, 3.05) is 13.1 Å². The van der Waals surface area contributed by atoms with Gasteiger partial charge in [0.05, 0.1) is 11.5 Å². The monoisotopic (exact) mass is 464 g/mol. The van der Waals surface area contributed by atoms with E-state index in [0.717, 1.165) is 18.9 Å². The zero-order chi connectivity index (χ0) is 22.9. The second-order valence-corrected chi connectivity index (χ2v) is 8.89. The average molecular weight is 465 g/mol. The maximum absolute atomic E-state index is 13.4. The standard InChI is InChI=1S/C24H24ClF3N2O2/c25-19-9-7-16(8-10-19)22(31)29-13-3-5-18(14-29)23(32)30(20-11-12-20)15-17-4-1-2-6-21(17)24(26,27)28/h1-2,4,6-10,18,20H,3,5,11-15H2. The summed E-state index contributed by atoms with van der Waals surface area (Å²) in [6.45, 7) is 0.747. The van der Waals surface area contributed by atoms with Crippen molar-refractivity contribution in [3.05, 3.63) is 70.2 Å². The first-order valence-corrected chi connectivity index (χ1v) is 11.1. The molecule has 2 aliphatic rings. The van der Waals surface area contributed by atoms with Crippen LogP contribution in [0.2, 0.25) is 5.02 Å². The molecular weight excluding hydrogens is 441 g/mol. The third-order valence-electron chi connectivity index (χ3n) is 6.08. The van der Waals surface area contributed by atoms with E-state index in [1.54, 1.807) is 40.1 Å². The first-order chi connectivity index (χ1) is 15.2. The summed E-state index contributed by atoms with van der Waals surface area (Å²) in [5, 5.41) is 0.535. The summed E-state index contributed by atoms with van der Waals surface area (Å²) in [4.78, 5) is 29.5. The lowest BCUT2D eigenvalue weighted by atomic mass is 9.95. The first kappa shape index (κ1) is 22.6. The number of likely N-dealkylation sites (tertiary alicyclic amines) is 1. The molecule has 0 bridgehead atoms. The van der Waals surface area contributed by atoms with Crippen LogP contribution < -0.4 is 0 Å². The summed E-state index contributed by atoms with van der Waals surface area (Å²) in [5.41, 5.74) is -0.104. The number of hydrogen-bond acceptors (Lipinski definition) is 2. The molecule has 0 spiro atoms. The summed E-state index contributed by atoms with van der Waals surface area (Å²) >= 11 is 5.90. The molecule has 32 heavy (non-hydrogen) atoms. The Morgan fingerprint density at radius 2 is 1.72 bits per heavy atom. The predicted octanol–water partition coefficient (Wildman–Crippen LogP) is 5.40. The largest absolute Gasteiger partial charge is 0.416 e. The van der Waals surface area contributed by atoms with Crippen LogP contribution in [0.5, 0.6) is 0 Å². The highest BCUT2D eigenvalue weighted by atomic mass is 35.5. The average Bonchev–Trinajstić information content (AvgIpc) is 3.62. The Morgan fingerprint density at radius 1 is 1.03 bits per heavy atom. The van der Waals surface area contributed by atoms with Crippen LogP contribution in [-0.4, -0.2) is 40.7 Å². The van der Waals surface area contributed by atoms with E-state index in [9.17, 15) is 22.8 Å². The molecule has 1 atom stereocenters. The van der Waals surface area contributed by atoms with Crippen molar-refractivity contribution < 1.29 is 22.8 Å². The summed E-state index contributed by atoms with van der Waals surface area (Å²) in [6, 6.07) is 12.0. The summed E-state index contributed by atoms with van der Waals surface area (Å²) in [6.07, 6.45) is -1.59. The number of benzene rings is 2. The molecule has 4 rings (SSSR count). The number of rotatable bonds is 5. The fraction of sp³-hybridized carbons (Fsp3) is 0.417. The topological polar surface area (TPSA) is 40.6 Å². The summed E-state index contributed by atoms with van der Waals surface area (Å²) in [5.74, 6) is -0.753. The zero-order valence-electron chi connectivity index (χ0n) is 17.4. The number of piperidine rings is 1. The minimum atomic E-state index is -4.47. The van der Waals surface area contributed by atoms with Crippen molar-refractivity contribution in [1.29, 1.82) is 0 Å². The van der Waals surface area contributed by atoms with Crippen LogP contribution in [-0.2, 0) is 17.5 Å². The van der Waals surface area contributed by atoms with E-state index in [1.165, 1.54) is 12.1 Å². The Kier molecular flexibility index (Phi) is 6.47. The first-order valence-electron chi connectivity index (χ1n) is 10.7. The second kappa shape index (κ2) is 9.14. The number of amides is 2. The van der Waals surface area contributed by atoms with Crippen molar-refractivity contribution >= 4 is 23.4 Å². The number of alkyl halides is 3. The lowest BCUT2D eigenvalue weighted by Gasteiger charge is -2.35. The van der Waals surface area contributed by atoms with Crippen molar-refractivity contribution in [2.24, 2.45) is 5.92 Å². The van der Waals surface area contributed by atoms with Gasteiger partial charge in [0.15, 0.2) is 0 Å². The van der Waals surface area contributed by atoms with Crippen LogP contribution in [0, 0.1) is 5.92 Å². The van der Waals surface area contributed by atoms with Crippen molar-refractivity contribution in [3.8, 4) is 0 Å². The lowest BCUT2D eigenvalue weighted by molar-refractivity contribution is -0.142. The number of carbonyl (C=O) groups excluding carboxylic acids is 2. The number of halogens is 4. The highest BCUT2D eigenvalue weighted by Gasteiger charge is 2.40. The van der Waals surface area contributed by atoms with Crippen molar-refractivity contribution in [2.45, 2.75) is 44.4 Å². The fourth-order valence-electron chi connectivity index (χ4n) is 4.26. The SMILES string of the molecule is O=C(c1ccc(Cl)cc1)N1CCCC(C(=O)N(Cc2ccccc2C(F)(F)F)C2CC2)C1. The molecule has 2 aromatic rings. The van der Waals surface area contributed by atoms with E-state index in [2.05, 4.69) is 0 Å². The quantitative estimate of drug-likeness (QED) is 0.594. The van der Waals surface area contributed by atoms with E-state index < -0.39 is 17.7 Å². The molecule has 0 radical (unpaired) electrons. The number of carbonyl (C=O) groups is 2. The molecule has 0 N–H and O–H groups in total. The molecule has 2 aromatic carbocycles. The Bertz CT molecular complexity index is 989. The summed E-state index contributed by atoms with van der Waals surface area (Å²) < 4.78 is 40.3. The minimum Gasteiger partial charge on any atom is -0.338 e. The van der Waals surface area contributed by atoms with Gasteiger partial charge in [0, 0.05) is 36.3 Å². The summed E-state index contributed by atoms with van der Waals surface area (Å²) in [7, 11) is 0. The molecule has 1 saturated heterocycles. The number of hydrogen-bond donors (Lipinski definition) is 0. The van der Waals surface area contributed by atoms with Gasteiger partial charge >= 0.3 is 6.18 Å². The molecule has 1 unspecified atom stereocenters. The lowest BCUT2D eigenvalue weighted by Crippen LogP contribution is -2.47. The molecule has 2 fully saturated rings. The molecule has 170 valence electrons. The molecule has 1 heterocycles. The Hall–Kier alpha value is -2.54. The van der Waals surface area contributed by atoms with Gasteiger partial charge in [-0.05, 0) is 61.6 Å². The zero-order valence-corrected chi connectivity index (χ0v) is 18.2. The third kappa shape index (κ3) is 5.09. The number of nitrogens with zero attached hydrogens (tertiary/aromatic N) is 2. The smallest absolute Gasteiger partial charge is 0.338 e. The van der Waals surface area contributed by atoms with Crippen LogP contribution >= 0.6 is 11.6 Å². The van der Waals surface area contributed by atoms with Gasteiger partial charge < -0.3 is 9.80 Å². The van der Waals surface area contributed by atoms with Crippen LogP contribution in [0.25, 0.3) is 0 Å². The molecular formula is C24H24ClF3N2O2. The maximum Gasteiger partial charge on any atom is 0.416 e. The maximum atomic E-state index is 13.4. The van der Waals surface area contributed by atoms with E-state index in [-0.39, 0.29) is 36.5 Å². The second-order valence-electron chi connectivity index (χ2n) is 8.45. The molecule has 4 nitrogen and oxygen atoms in total. The van der Waals surface area contributed by atoms with E-state index in [0.29, 0.717) is 30.0 Å². The Labute approximate surface area is 189 Å². The fourth-order valence-corrected chi connectivity index (χ4v) is 4.39. The molecule has 1 aliphatic carbocycles. The van der Waals surface area contributed by atoms with Gasteiger partial charge in [-0.2, -0.15) is 13.2 Å². The van der Waals surface area contributed by atoms with Crippen LogP contribution in [0.4, 0.5) is 13.2 Å². The molecule has 0 aromatic heterocycles. The van der Waals surface area contributed by atoms with Gasteiger partial charge in [0.2, 0.25) is 5.91 Å². The molecule has 1 aliphatic heterocycles. The Morgan fingerprint density at radius 3 is 2.38 bits per heavy atom. The van der Waals surface area contributed by atoms with Crippen LogP contribution in [0.1, 0.15) is 47.2 Å². The van der Waals surface area contributed by atoms with Gasteiger partial charge in [-0.3, -0.25) is 9.59 Å². The minimum absolute atomic E-state index is 0.0360. The highest BCUT2D eigenvalue weighted by Crippen LogP contribution is 2.36. The van der Waals surface area contributed by atoms with Crippen LogP contribution in [0.3, 0.4) is 0 Å². The molecule has 2 amide bonds. The van der Waals surface area contributed by atoms with E-state index >= 15 is 0 Å². The van der Waals surface area contributed by atoms with E-state index in [1.807, 2.05) is 0 Å². The van der Waals surface area contributed by atoms with Gasteiger partial charge in [0.25, 0.3) is 5.91 Å². The van der Waals surface area contributed by atoms with E-state index in [4.69, 9.17) is 11.6 Å². The normalized spacial score (nSPS) is 19.0. The molecule has 1 saturated carbocycles. The predicted molar refractivity (Wildman–Crippen MR) is 115 cm³/mol. The van der Waals surface area contributed by atoms with Crippen molar-refractivity contribution in [3.63, 3.8) is 0 Å². The third-order valence-corrected chi connectivity index (χ3v) is 6.34. The van der Waals surface area contributed by atoms with Crippen LogP contribution in [0.15, 0.2) is 48.5 Å².